The van der Waals surface area contributed by atoms with Gasteiger partial charge >= 0.3 is 0 Å². The summed E-state index contributed by atoms with van der Waals surface area (Å²) in [6.07, 6.45) is 3.51. The van der Waals surface area contributed by atoms with E-state index in [2.05, 4.69) is 22.8 Å². The summed E-state index contributed by atoms with van der Waals surface area (Å²) in [4.78, 5) is 10.1. The molecule has 1 aromatic rings. The number of carbonyl (C=O) groups excluding carboxylic acids is 1. The third-order valence-electron chi connectivity index (χ3n) is 2.09. The summed E-state index contributed by atoms with van der Waals surface area (Å²) in [7, 11) is 1.87. The van der Waals surface area contributed by atoms with E-state index in [1.807, 2.05) is 31.4 Å². The Balaban J connectivity index is 2.67. The van der Waals surface area contributed by atoms with Crippen LogP contribution in [0.25, 0.3) is 5.57 Å². The monoisotopic (exact) mass is 204 g/mol. The lowest BCUT2D eigenvalue weighted by atomic mass is 10.0. The Morgan fingerprint density at radius 3 is 2.67 bits per heavy atom. The molecule has 80 valence electrons. The molecule has 1 amide bonds. The molecule has 0 bridgehead atoms. The van der Waals surface area contributed by atoms with Crippen LogP contribution in [-0.4, -0.2) is 20.0 Å². The Morgan fingerprint density at radius 2 is 2.07 bits per heavy atom. The van der Waals surface area contributed by atoms with Crippen LogP contribution in [0.2, 0.25) is 0 Å². The molecular weight excluding hydrogens is 188 g/mol. The summed E-state index contributed by atoms with van der Waals surface area (Å²) in [5, 5.41) is 5.67. The lowest BCUT2D eigenvalue weighted by Gasteiger charge is -2.07. The number of hydrogen-bond donors (Lipinski definition) is 2. The second kappa shape index (κ2) is 6.65. The van der Waals surface area contributed by atoms with E-state index in [0.717, 1.165) is 12.8 Å². The van der Waals surface area contributed by atoms with Gasteiger partial charge in [0, 0.05) is 19.8 Å². The van der Waals surface area contributed by atoms with Gasteiger partial charge in [-0.1, -0.05) is 30.3 Å². The fourth-order valence-electron chi connectivity index (χ4n) is 1.39. The molecule has 0 unspecified atom stereocenters. The molecule has 2 N–H and O–H groups in total. The maximum absolute atomic E-state index is 10.1. The first-order chi connectivity index (χ1) is 7.38. The van der Waals surface area contributed by atoms with Crippen molar-refractivity contribution in [1.82, 2.24) is 10.6 Å². The highest BCUT2D eigenvalue weighted by Gasteiger charge is 1.99. The molecule has 0 aliphatic rings. The first-order valence-electron chi connectivity index (χ1n) is 4.97. The number of nitrogens with one attached hydrogen (secondary N) is 2. The summed E-state index contributed by atoms with van der Waals surface area (Å²) in [6, 6.07) is 10.1. The van der Waals surface area contributed by atoms with Gasteiger partial charge in [0.2, 0.25) is 6.41 Å². The molecule has 0 spiro atoms. The lowest BCUT2D eigenvalue weighted by molar-refractivity contribution is -0.109. The predicted octanol–water partition coefficient (Wildman–Crippen LogP) is 1.38. The zero-order valence-electron chi connectivity index (χ0n) is 8.86. The van der Waals surface area contributed by atoms with Gasteiger partial charge in [-0.2, -0.15) is 0 Å². The number of hydrogen-bond acceptors (Lipinski definition) is 2. The maximum Gasteiger partial charge on any atom is 0.207 e. The van der Waals surface area contributed by atoms with E-state index in [4.69, 9.17) is 0 Å². The molecule has 0 fully saturated rings. The Morgan fingerprint density at radius 1 is 1.33 bits per heavy atom. The van der Waals surface area contributed by atoms with Crippen LogP contribution in [0.3, 0.4) is 0 Å². The highest BCUT2D eigenvalue weighted by Crippen LogP contribution is 2.16. The van der Waals surface area contributed by atoms with Gasteiger partial charge in [-0.05, 0) is 17.6 Å². The Labute approximate surface area is 90.2 Å². The van der Waals surface area contributed by atoms with Gasteiger partial charge in [-0.15, -0.1) is 0 Å². The average Bonchev–Trinajstić information content (AvgIpc) is 2.29. The number of carbonyl (C=O) groups is 1. The molecule has 0 radical (unpaired) electrons. The maximum atomic E-state index is 10.1. The number of benzene rings is 1. The molecule has 0 aliphatic heterocycles. The van der Waals surface area contributed by atoms with Crippen molar-refractivity contribution in [3.05, 3.63) is 42.1 Å². The fraction of sp³-hybridized carbons (Fsp3) is 0.250. The summed E-state index contributed by atoms with van der Waals surface area (Å²) < 4.78 is 0. The molecule has 3 nitrogen and oxygen atoms in total. The largest absolute Gasteiger partial charge is 0.394 e. The van der Waals surface area contributed by atoms with Crippen LogP contribution in [0.4, 0.5) is 0 Å². The SMILES string of the molecule is CN/C=C(/CCNC=O)c1ccccc1. The van der Waals surface area contributed by atoms with Gasteiger partial charge in [0.25, 0.3) is 0 Å². The van der Waals surface area contributed by atoms with E-state index in [1.54, 1.807) is 0 Å². The van der Waals surface area contributed by atoms with Crippen LogP contribution >= 0.6 is 0 Å². The summed E-state index contributed by atoms with van der Waals surface area (Å²) in [5.41, 5.74) is 2.37. The van der Waals surface area contributed by atoms with E-state index < -0.39 is 0 Å². The third-order valence-corrected chi connectivity index (χ3v) is 2.09. The van der Waals surface area contributed by atoms with E-state index in [0.29, 0.717) is 6.54 Å². The molecular formula is C12H16N2O. The van der Waals surface area contributed by atoms with E-state index in [-0.39, 0.29) is 0 Å². The first kappa shape index (κ1) is 11.3. The number of rotatable bonds is 6. The van der Waals surface area contributed by atoms with Crippen molar-refractivity contribution >= 4 is 12.0 Å². The zero-order chi connectivity index (χ0) is 10.9. The number of amides is 1. The lowest BCUT2D eigenvalue weighted by Crippen LogP contribution is -2.13. The van der Waals surface area contributed by atoms with Crippen LogP contribution < -0.4 is 10.6 Å². The minimum atomic E-state index is 0.659. The van der Waals surface area contributed by atoms with Crippen molar-refractivity contribution in [2.24, 2.45) is 0 Å². The highest BCUT2D eigenvalue weighted by atomic mass is 16.1. The van der Waals surface area contributed by atoms with Gasteiger partial charge in [-0.3, -0.25) is 4.79 Å². The van der Waals surface area contributed by atoms with E-state index >= 15 is 0 Å². The van der Waals surface area contributed by atoms with Crippen LogP contribution in [-0.2, 0) is 4.79 Å². The average molecular weight is 204 g/mol. The van der Waals surface area contributed by atoms with E-state index in [1.165, 1.54) is 11.1 Å². The van der Waals surface area contributed by atoms with Gasteiger partial charge in [0.05, 0.1) is 0 Å². The Bertz CT molecular complexity index is 320. The van der Waals surface area contributed by atoms with Crippen molar-refractivity contribution in [3.8, 4) is 0 Å². The summed E-state index contributed by atoms with van der Waals surface area (Å²) in [5.74, 6) is 0. The molecule has 0 atom stereocenters. The van der Waals surface area contributed by atoms with Crippen molar-refractivity contribution in [2.75, 3.05) is 13.6 Å². The standard InChI is InChI=1S/C12H16N2O/c1-13-9-12(7-8-14-10-15)11-5-3-2-4-6-11/h2-6,9-10,13H,7-8H2,1H3,(H,14,15)/b12-9-. The molecule has 15 heavy (non-hydrogen) atoms. The molecule has 0 aliphatic carbocycles. The highest BCUT2D eigenvalue weighted by molar-refractivity contribution is 5.65. The van der Waals surface area contributed by atoms with Crippen molar-refractivity contribution in [2.45, 2.75) is 6.42 Å². The van der Waals surface area contributed by atoms with Crippen molar-refractivity contribution in [1.29, 1.82) is 0 Å². The Hall–Kier alpha value is -1.77. The van der Waals surface area contributed by atoms with Crippen LogP contribution in [0, 0.1) is 0 Å². The van der Waals surface area contributed by atoms with E-state index in [9.17, 15) is 4.79 Å². The minimum absolute atomic E-state index is 0.659. The van der Waals surface area contributed by atoms with Crippen LogP contribution in [0.15, 0.2) is 36.5 Å². The second-order valence-electron chi connectivity index (χ2n) is 3.15. The van der Waals surface area contributed by atoms with Crippen LogP contribution in [0.1, 0.15) is 12.0 Å². The Kier molecular flexibility index (Phi) is 5.01. The van der Waals surface area contributed by atoms with Crippen LogP contribution in [0.5, 0.6) is 0 Å². The summed E-state index contributed by atoms with van der Waals surface area (Å²) >= 11 is 0. The topological polar surface area (TPSA) is 41.1 Å². The smallest absolute Gasteiger partial charge is 0.207 e. The predicted molar refractivity (Wildman–Crippen MR) is 62.2 cm³/mol. The van der Waals surface area contributed by atoms with Gasteiger partial charge in [0.15, 0.2) is 0 Å². The van der Waals surface area contributed by atoms with Crippen molar-refractivity contribution < 1.29 is 4.79 Å². The first-order valence-corrected chi connectivity index (χ1v) is 4.97. The molecule has 3 heteroatoms. The molecule has 1 aromatic carbocycles. The molecule has 0 saturated carbocycles. The third kappa shape index (κ3) is 3.85. The fourth-order valence-corrected chi connectivity index (χ4v) is 1.39. The molecule has 0 saturated heterocycles. The molecule has 0 heterocycles. The molecule has 0 aromatic heterocycles. The zero-order valence-corrected chi connectivity index (χ0v) is 8.86. The normalized spacial score (nSPS) is 10.9. The minimum Gasteiger partial charge on any atom is -0.394 e. The van der Waals surface area contributed by atoms with Gasteiger partial charge in [0.1, 0.15) is 0 Å². The second-order valence-corrected chi connectivity index (χ2v) is 3.15. The quantitative estimate of drug-likeness (QED) is 0.543. The van der Waals surface area contributed by atoms with Gasteiger partial charge in [-0.25, -0.2) is 0 Å². The van der Waals surface area contributed by atoms with Crippen molar-refractivity contribution in [3.63, 3.8) is 0 Å². The summed E-state index contributed by atoms with van der Waals surface area (Å²) in [6.45, 7) is 0.659. The molecule has 1 rings (SSSR count). The van der Waals surface area contributed by atoms with Gasteiger partial charge < -0.3 is 10.6 Å².